The molecule has 1 N–H and O–H groups in total. The van der Waals surface area contributed by atoms with E-state index in [-0.39, 0.29) is 11.9 Å². The summed E-state index contributed by atoms with van der Waals surface area (Å²) in [7, 11) is 0. The van der Waals surface area contributed by atoms with E-state index in [4.69, 9.17) is 9.47 Å². The van der Waals surface area contributed by atoms with Gasteiger partial charge in [-0.15, -0.1) is 0 Å². The number of nitrogens with zero attached hydrogens (tertiary/aromatic N) is 1. The van der Waals surface area contributed by atoms with Crippen LogP contribution in [0.5, 0.6) is 11.5 Å². The van der Waals surface area contributed by atoms with Crippen molar-refractivity contribution in [1.29, 1.82) is 0 Å². The number of rotatable bonds is 7. The summed E-state index contributed by atoms with van der Waals surface area (Å²) in [5, 5.41) is 9.34. The van der Waals surface area contributed by atoms with Crippen LogP contribution in [0.4, 0.5) is 0 Å². The summed E-state index contributed by atoms with van der Waals surface area (Å²) < 4.78 is 11.3. The van der Waals surface area contributed by atoms with Crippen LogP contribution in [-0.2, 0) is 4.79 Å². The molecule has 0 radical (unpaired) electrons. The molecule has 0 aromatic heterocycles. The SMILES string of the molecule is CCCOc1ccc(C(=O)N2CCC[C@H](C(=O)O)[C@@H]2C)cc1OCC. The fourth-order valence-corrected chi connectivity index (χ4v) is 3.17. The molecule has 1 saturated heterocycles. The molecule has 1 aliphatic rings. The van der Waals surface area contributed by atoms with Gasteiger partial charge >= 0.3 is 5.97 Å². The van der Waals surface area contributed by atoms with Gasteiger partial charge in [-0.2, -0.15) is 0 Å². The highest BCUT2D eigenvalue weighted by molar-refractivity contribution is 5.95. The highest BCUT2D eigenvalue weighted by Gasteiger charge is 2.35. The van der Waals surface area contributed by atoms with Crippen LogP contribution in [0.15, 0.2) is 18.2 Å². The number of benzene rings is 1. The molecule has 1 aliphatic heterocycles. The number of amides is 1. The molecule has 1 amide bonds. The van der Waals surface area contributed by atoms with Gasteiger partial charge in [0.05, 0.1) is 19.1 Å². The van der Waals surface area contributed by atoms with E-state index in [9.17, 15) is 14.7 Å². The van der Waals surface area contributed by atoms with Gasteiger partial charge in [0.25, 0.3) is 5.91 Å². The van der Waals surface area contributed by atoms with Crippen molar-refractivity contribution in [3.8, 4) is 11.5 Å². The number of piperidine rings is 1. The average Bonchev–Trinajstić information content (AvgIpc) is 2.60. The lowest BCUT2D eigenvalue weighted by Gasteiger charge is -2.37. The molecule has 2 rings (SSSR count). The predicted octanol–water partition coefficient (Wildman–Crippen LogP) is 3.20. The topological polar surface area (TPSA) is 76.1 Å². The summed E-state index contributed by atoms with van der Waals surface area (Å²) in [4.78, 5) is 25.9. The smallest absolute Gasteiger partial charge is 0.308 e. The molecule has 1 fully saturated rings. The second-order valence-electron chi connectivity index (χ2n) is 6.27. The fourth-order valence-electron chi connectivity index (χ4n) is 3.17. The van der Waals surface area contributed by atoms with Gasteiger partial charge in [-0.05, 0) is 51.3 Å². The highest BCUT2D eigenvalue weighted by Crippen LogP contribution is 2.31. The van der Waals surface area contributed by atoms with E-state index in [0.29, 0.717) is 49.7 Å². The Balaban J connectivity index is 2.23. The van der Waals surface area contributed by atoms with Crippen molar-refractivity contribution in [2.45, 2.75) is 46.1 Å². The van der Waals surface area contributed by atoms with Crippen molar-refractivity contribution in [3.63, 3.8) is 0 Å². The maximum Gasteiger partial charge on any atom is 0.308 e. The molecule has 0 bridgehead atoms. The summed E-state index contributed by atoms with van der Waals surface area (Å²) in [5.41, 5.74) is 0.491. The van der Waals surface area contributed by atoms with E-state index in [1.807, 2.05) is 13.8 Å². The van der Waals surface area contributed by atoms with Crippen LogP contribution in [0.3, 0.4) is 0 Å². The Morgan fingerprint density at radius 1 is 1.24 bits per heavy atom. The molecule has 2 atom stereocenters. The molecule has 1 aromatic carbocycles. The van der Waals surface area contributed by atoms with Gasteiger partial charge in [-0.25, -0.2) is 0 Å². The van der Waals surface area contributed by atoms with E-state index in [1.54, 1.807) is 30.0 Å². The standard InChI is InChI=1S/C19H27NO5/c1-4-11-25-16-9-8-14(12-17(16)24-5-2)18(21)20-10-6-7-15(13(20)3)19(22)23/h8-9,12-13,15H,4-7,10-11H2,1-3H3,(H,22,23)/t13-,15-/m0/s1. The van der Waals surface area contributed by atoms with Gasteiger partial charge in [0.2, 0.25) is 0 Å². The van der Waals surface area contributed by atoms with Gasteiger partial charge in [0, 0.05) is 18.2 Å². The number of hydrogen-bond donors (Lipinski definition) is 1. The molecule has 1 heterocycles. The van der Waals surface area contributed by atoms with Crippen molar-refractivity contribution in [2.75, 3.05) is 19.8 Å². The number of hydrogen-bond acceptors (Lipinski definition) is 4. The second kappa shape index (κ2) is 8.74. The first-order valence-corrected chi connectivity index (χ1v) is 8.93. The van der Waals surface area contributed by atoms with Gasteiger partial charge in [0.1, 0.15) is 0 Å². The molecule has 25 heavy (non-hydrogen) atoms. The summed E-state index contributed by atoms with van der Waals surface area (Å²) in [5.74, 6) is -0.363. The van der Waals surface area contributed by atoms with Crippen LogP contribution in [0.1, 0.15) is 50.4 Å². The molecule has 0 aliphatic carbocycles. The Hall–Kier alpha value is -2.24. The number of carbonyl (C=O) groups is 2. The Morgan fingerprint density at radius 3 is 2.64 bits per heavy atom. The number of carboxylic acid groups (broad SMARTS) is 1. The van der Waals surface area contributed by atoms with Gasteiger partial charge in [-0.1, -0.05) is 6.92 Å². The van der Waals surface area contributed by atoms with Crippen LogP contribution >= 0.6 is 0 Å². The summed E-state index contributed by atoms with van der Waals surface area (Å²) in [6.07, 6.45) is 2.19. The third-order valence-corrected chi connectivity index (χ3v) is 4.52. The van der Waals surface area contributed by atoms with Crippen molar-refractivity contribution in [1.82, 2.24) is 4.90 Å². The number of carbonyl (C=O) groups excluding carboxylic acids is 1. The van der Waals surface area contributed by atoms with Gasteiger partial charge < -0.3 is 19.5 Å². The molecule has 0 saturated carbocycles. The number of carboxylic acids is 1. The Bertz CT molecular complexity index is 616. The van der Waals surface area contributed by atoms with Crippen molar-refractivity contribution in [2.24, 2.45) is 5.92 Å². The average molecular weight is 349 g/mol. The maximum absolute atomic E-state index is 12.9. The number of ether oxygens (including phenoxy) is 2. The lowest BCUT2D eigenvalue weighted by atomic mass is 9.90. The molecule has 138 valence electrons. The molecular weight excluding hydrogens is 322 g/mol. The lowest BCUT2D eigenvalue weighted by molar-refractivity contribution is -0.144. The zero-order valence-corrected chi connectivity index (χ0v) is 15.2. The minimum atomic E-state index is -0.844. The normalized spacial score (nSPS) is 20.2. The third kappa shape index (κ3) is 4.44. The van der Waals surface area contributed by atoms with E-state index in [0.717, 1.165) is 6.42 Å². The zero-order valence-electron chi connectivity index (χ0n) is 15.2. The van der Waals surface area contributed by atoms with E-state index in [1.165, 1.54) is 0 Å². The summed E-state index contributed by atoms with van der Waals surface area (Å²) in [6, 6.07) is 4.82. The minimum Gasteiger partial charge on any atom is -0.490 e. The molecule has 0 spiro atoms. The molecule has 0 unspecified atom stereocenters. The van der Waals surface area contributed by atoms with Crippen LogP contribution in [0.2, 0.25) is 0 Å². The number of likely N-dealkylation sites (tertiary alicyclic amines) is 1. The van der Waals surface area contributed by atoms with E-state index in [2.05, 4.69) is 0 Å². The highest BCUT2D eigenvalue weighted by atomic mass is 16.5. The monoisotopic (exact) mass is 349 g/mol. The van der Waals surface area contributed by atoms with Crippen LogP contribution in [-0.4, -0.2) is 47.7 Å². The Kier molecular flexibility index (Phi) is 6.67. The molecular formula is C19H27NO5. The second-order valence-corrected chi connectivity index (χ2v) is 6.27. The first-order valence-electron chi connectivity index (χ1n) is 8.93. The molecule has 1 aromatic rings. The van der Waals surface area contributed by atoms with Crippen molar-refractivity contribution >= 4 is 11.9 Å². The largest absolute Gasteiger partial charge is 0.490 e. The summed E-state index contributed by atoms with van der Waals surface area (Å²) in [6.45, 7) is 7.33. The van der Waals surface area contributed by atoms with Crippen LogP contribution < -0.4 is 9.47 Å². The van der Waals surface area contributed by atoms with E-state index >= 15 is 0 Å². The first-order chi connectivity index (χ1) is 12.0. The zero-order chi connectivity index (χ0) is 18.4. The third-order valence-electron chi connectivity index (χ3n) is 4.52. The molecule has 6 heteroatoms. The molecule has 6 nitrogen and oxygen atoms in total. The Morgan fingerprint density at radius 2 is 2.00 bits per heavy atom. The fraction of sp³-hybridized carbons (Fsp3) is 0.579. The quantitative estimate of drug-likeness (QED) is 0.818. The van der Waals surface area contributed by atoms with Gasteiger partial charge in [0.15, 0.2) is 11.5 Å². The number of aliphatic carboxylic acids is 1. The predicted molar refractivity (Wildman–Crippen MR) is 94.3 cm³/mol. The van der Waals surface area contributed by atoms with Crippen LogP contribution in [0.25, 0.3) is 0 Å². The Labute approximate surface area is 148 Å². The van der Waals surface area contributed by atoms with Gasteiger partial charge in [-0.3, -0.25) is 9.59 Å². The van der Waals surface area contributed by atoms with Crippen molar-refractivity contribution in [3.05, 3.63) is 23.8 Å². The first kappa shape index (κ1) is 19.1. The lowest BCUT2D eigenvalue weighted by Crippen LogP contribution is -2.49. The summed E-state index contributed by atoms with van der Waals surface area (Å²) >= 11 is 0. The van der Waals surface area contributed by atoms with Crippen molar-refractivity contribution < 1.29 is 24.2 Å². The minimum absolute atomic E-state index is 0.165. The van der Waals surface area contributed by atoms with Crippen LogP contribution in [0, 0.1) is 5.92 Å². The maximum atomic E-state index is 12.9. The van der Waals surface area contributed by atoms with E-state index < -0.39 is 11.9 Å².